The first-order chi connectivity index (χ1) is 40.7. The van der Waals surface area contributed by atoms with Crippen LogP contribution in [-0.2, 0) is 43.6 Å². The third-order valence-electron chi connectivity index (χ3n) is 14.2. The molecule has 8 aromatic rings. The van der Waals surface area contributed by atoms with Gasteiger partial charge in [-0.25, -0.2) is 0 Å². The fourth-order valence-corrected chi connectivity index (χ4v) is 9.11. The summed E-state index contributed by atoms with van der Waals surface area (Å²) in [6.45, 7) is 29.4. The summed E-state index contributed by atoms with van der Waals surface area (Å²) in [7, 11) is 0. The van der Waals surface area contributed by atoms with Gasteiger partial charge in [-0.05, 0) is 102 Å². The molecule has 2 N–H and O–H groups in total. The number of hydrogen-bond donors (Lipinski definition) is 2. The van der Waals surface area contributed by atoms with Crippen molar-refractivity contribution in [2.75, 3.05) is 13.2 Å². The van der Waals surface area contributed by atoms with Crippen molar-refractivity contribution in [1.82, 2.24) is 0 Å². The largest absolute Gasteiger partial charge is 2.00 e. The Morgan fingerprint density at radius 1 is 0.304 bits per heavy atom. The van der Waals surface area contributed by atoms with E-state index in [4.69, 9.17) is 30.2 Å². The minimum absolute atomic E-state index is 0. The van der Waals surface area contributed by atoms with Crippen molar-refractivity contribution in [3.05, 3.63) is 261 Å². The third-order valence-corrected chi connectivity index (χ3v) is 14.2. The Morgan fingerprint density at radius 3 is 0.598 bits per heavy atom. The second-order valence-electron chi connectivity index (χ2n) is 25.2. The number of hydrogen-bond acceptors (Lipinski definition) is 10. The normalized spacial score (nSPS) is 12.6. The minimum atomic E-state index is -0.418. The Hall–Kier alpha value is -6.50. The number of aliphatic hydroxyl groups excluding tert-OH is 2. The van der Waals surface area contributed by atoms with Gasteiger partial charge in [-0.15, -0.1) is 23.0 Å². The van der Waals surface area contributed by atoms with Gasteiger partial charge in [0.05, 0.1) is 0 Å². The van der Waals surface area contributed by atoms with E-state index in [0.29, 0.717) is 22.3 Å². The molecule has 0 bridgehead atoms. The Morgan fingerprint density at radius 2 is 0.457 bits per heavy atom. The summed E-state index contributed by atoms with van der Waals surface area (Å²) < 4.78 is 0. The van der Waals surface area contributed by atoms with E-state index in [1.807, 2.05) is 170 Å². The fourth-order valence-electron chi connectivity index (χ4n) is 9.11. The van der Waals surface area contributed by atoms with Gasteiger partial charge in [0.1, 0.15) is 24.2 Å². The van der Waals surface area contributed by atoms with E-state index in [9.17, 15) is 20.4 Å². The smallest absolute Gasteiger partial charge is 0.101 e. The maximum atomic E-state index is 12.8. The number of rotatable bonds is 14. The quantitative estimate of drug-likeness (QED) is 0.0997. The molecule has 8 aromatic carbocycles. The van der Waals surface area contributed by atoms with Gasteiger partial charge in [-0.2, -0.15) is 0 Å². The monoisotopic (exact) mass is 1690 g/mol. The summed E-state index contributed by atoms with van der Waals surface area (Å²) in [4.78, 5) is 20.0. The number of benzene rings is 8. The molecule has 0 heterocycles. The van der Waals surface area contributed by atoms with Gasteiger partial charge in [0.25, 0.3) is 0 Å². The molecule has 16 heteroatoms. The van der Waals surface area contributed by atoms with Gasteiger partial charge in [0.15, 0.2) is 0 Å². The minimum Gasteiger partial charge on any atom is -2.00 e. The van der Waals surface area contributed by atoms with Gasteiger partial charge in [-0.3, -0.25) is 20.0 Å². The molecule has 0 saturated carbocycles. The average Bonchev–Trinajstić information content (AvgIpc) is 1.96. The molecule has 492 valence electrons. The zero-order chi connectivity index (χ0) is 63.2. The van der Waals surface area contributed by atoms with E-state index in [-0.39, 0.29) is 142 Å². The molecule has 14 nitrogen and oxygen atoms in total. The van der Waals surface area contributed by atoms with Crippen molar-refractivity contribution in [3.8, 4) is 23.0 Å². The van der Waals surface area contributed by atoms with Crippen molar-refractivity contribution in [3.63, 3.8) is 0 Å². The van der Waals surface area contributed by atoms with E-state index in [1.54, 1.807) is 63.0 Å². The molecule has 0 fully saturated rings. The molecular formula is C76H88N4O10U2-12. The van der Waals surface area contributed by atoms with Crippen molar-refractivity contribution in [2.45, 2.75) is 143 Å². The molecule has 4 atom stereocenters. The van der Waals surface area contributed by atoms with E-state index < -0.39 is 24.2 Å². The van der Waals surface area contributed by atoms with Crippen molar-refractivity contribution in [1.29, 1.82) is 0 Å². The van der Waals surface area contributed by atoms with Crippen molar-refractivity contribution in [2.24, 2.45) is 20.0 Å². The maximum absolute atomic E-state index is 12.8. The molecule has 0 spiro atoms. The first kappa shape index (κ1) is 87.6. The molecule has 92 heavy (non-hydrogen) atoms. The standard InChI is InChI=1S/2C36H40N2O2.2C2H6O.4O.2U/c2*1-35(2,3)29-17-19-31(39)27(21-29)23-37-33(25-13-9-7-10-14-25)34(26-15-11-8-12-16-26)38-24-28-22-30(36(4,5)6)18-20-32(28)40;2*1-2-3;;;;;;/h2*7-24,33-34,39-40H,1-6H3;2*3H,2H2,1H3;;;;;;/q;;;;4*-2;;/p-4/t2*33-,34-;;;;;;;;/m11......../s1. The van der Waals surface area contributed by atoms with E-state index in [0.717, 1.165) is 44.5 Å². The second kappa shape index (κ2) is 41.3. The Labute approximate surface area is 594 Å². The van der Waals surface area contributed by atoms with Gasteiger partial charge in [0, 0.05) is 100 Å². The first-order valence-electron chi connectivity index (χ1n) is 29.5. The van der Waals surface area contributed by atoms with Crippen LogP contribution < -0.4 is 20.4 Å². The zero-order valence-corrected chi connectivity index (χ0v) is 63.8. The molecular weight excluding hydrogens is 1600 g/mol. The summed E-state index contributed by atoms with van der Waals surface area (Å²) in [5, 5.41) is 66.3. The third kappa shape index (κ3) is 26.8. The Balaban J connectivity index is 0. The molecule has 0 aliphatic carbocycles. The zero-order valence-electron chi connectivity index (χ0n) is 55.5. The first-order valence-corrected chi connectivity index (χ1v) is 29.5. The maximum Gasteiger partial charge on any atom is 0.101 e. The molecule has 0 amide bonds. The Bertz CT molecular complexity index is 3030. The van der Waals surface area contributed by atoms with Gasteiger partial charge < -0.3 is 52.5 Å². The average molecular weight is 1690 g/mol. The molecule has 0 unspecified atom stereocenters. The van der Waals surface area contributed by atoms with Crippen LogP contribution in [0.2, 0.25) is 0 Å². The summed E-state index contributed by atoms with van der Waals surface area (Å²) in [6, 6.07) is 59.9. The summed E-state index contributed by atoms with van der Waals surface area (Å²) >= 11 is 0. The second-order valence-corrected chi connectivity index (χ2v) is 25.2. The summed E-state index contributed by atoms with van der Waals surface area (Å²) in [6.07, 6.45) is 6.72. The van der Waals surface area contributed by atoms with Crippen molar-refractivity contribution < 1.29 is 115 Å². The van der Waals surface area contributed by atoms with Crippen LogP contribution in [0, 0.1) is 62.2 Å². The van der Waals surface area contributed by atoms with Crippen LogP contribution in [0.3, 0.4) is 0 Å². The number of aliphatic imine (C=N–C) groups is 4. The van der Waals surface area contributed by atoms with Gasteiger partial charge in [0.2, 0.25) is 0 Å². The van der Waals surface area contributed by atoms with Crippen LogP contribution in [0.15, 0.2) is 214 Å². The topological polar surface area (TPSA) is 296 Å². The fraction of sp³-hybridized carbons (Fsp3) is 0.316. The molecule has 0 radical (unpaired) electrons. The molecule has 8 rings (SSSR count). The van der Waals surface area contributed by atoms with Crippen molar-refractivity contribution >= 4 is 24.9 Å². The SMILES string of the molecule is CC(C)(C)c1ccc([O-])c(C=N[C@H](c2ccccc2)[C@H](N=Cc2cc(C(C)(C)C)ccc2[O-])c2ccccc2)c1.CC(C)(C)c1ccc([O-])c(C=N[C@H](c2ccccc2)[C@H](N=Cc2cc(C(C)(C)C)ccc2[O-])c2ccccc2)c1.CCO.CCO.[O-2].[O-2].[O-2].[O-2].[U].[U]. The molecule has 0 aromatic heterocycles. The van der Waals surface area contributed by atoms with Gasteiger partial charge >= 0.3 is 0 Å². The van der Waals surface area contributed by atoms with Crippen LogP contribution in [0.5, 0.6) is 23.0 Å². The van der Waals surface area contributed by atoms with Crippen LogP contribution in [0.1, 0.15) is 188 Å². The predicted molar refractivity (Wildman–Crippen MR) is 354 cm³/mol. The van der Waals surface area contributed by atoms with Crippen LogP contribution in [-0.4, -0.2) is 48.3 Å². The molecule has 0 saturated heterocycles. The van der Waals surface area contributed by atoms with E-state index in [2.05, 4.69) is 83.1 Å². The predicted octanol–water partition coefficient (Wildman–Crippen LogP) is 14.4. The van der Waals surface area contributed by atoms with E-state index >= 15 is 0 Å². The summed E-state index contributed by atoms with van der Waals surface area (Å²) in [5.74, 6) is -0.284. The van der Waals surface area contributed by atoms with Crippen LogP contribution in [0.4, 0.5) is 0 Å². The Kier molecular flexibility index (Phi) is 39.3. The van der Waals surface area contributed by atoms with Gasteiger partial charge in [-0.1, -0.05) is 277 Å². The molecule has 0 aliphatic rings. The number of nitrogens with zero attached hydrogens (tertiary/aromatic N) is 4. The van der Waals surface area contributed by atoms with Crippen LogP contribution in [0.25, 0.3) is 0 Å². The summed E-state index contributed by atoms with van der Waals surface area (Å²) in [5.41, 5.74) is 9.97. The van der Waals surface area contributed by atoms with E-state index in [1.165, 1.54) is 0 Å². The van der Waals surface area contributed by atoms with Crippen LogP contribution >= 0.6 is 0 Å². The molecule has 0 aliphatic heterocycles. The number of aliphatic hydroxyl groups is 2.